The summed E-state index contributed by atoms with van der Waals surface area (Å²) >= 11 is 0. The Balaban J connectivity index is 1.70. The third-order valence-corrected chi connectivity index (χ3v) is 4.91. The monoisotopic (exact) mass is 358 g/mol. The molecule has 2 nitrogen and oxygen atoms in total. The fourth-order valence-corrected chi connectivity index (χ4v) is 3.48. The highest BCUT2D eigenvalue weighted by atomic mass is 14.8. The molecule has 5 rings (SSSR count). The molecule has 28 heavy (non-hydrogen) atoms. The van der Waals surface area contributed by atoms with Crippen LogP contribution in [0.5, 0.6) is 0 Å². The summed E-state index contributed by atoms with van der Waals surface area (Å²) in [7, 11) is 0. The Labute approximate surface area is 164 Å². The summed E-state index contributed by atoms with van der Waals surface area (Å²) in [4.78, 5) is 9.85. The van der Waals surface area contributed by atoms with E-state index in [9.17, 15) is 0 Å². The van der Waals surface area contributed by atoms with E-state index in [1.165, 1.54) is 10.8 Å². The highest BCUT2D eigenvalue weighted by Gasteiger charge is 2.13. The molecule has 0 aliphatic rings. The molecule has 0 aliphatic carbocycles. The van der Waals surface area contributed by atoms with E-state index in [-0.39, 0.29) is 0 Å². The maximum absolute atomic E-state index is 5.03. The molecule has 0 fully saturated rings. The maximum atomic E-state index is 5.03. The van der Waals surface area contributed by atoms with Gasteiger partial charge in [-0.2, -0.15) is 0 Å². The molecule has 0 aliphatic heterocycles. The van der Waals surface area contributed by atoms with Gasteiger partial charge in [-0.1, -0.05) is 97.1 Å². The van der Waals surface area contributed by atoms with Gasteiger partial charge in [0.2, 0.25) is 0 Å². The van der Waals surface area contributed by atoms with E-state index in [2.05, 4.69) is 66.7 Å². The summed E-state index contributed by atoms with van der Waals surface area (Å²) in [5, 5.41) is 2.43. The van der Waals surface area contributed by atoms with E-state index in [1.807, 2.05) is 42.6 Å². The summed E-state index contributed by atoms with van der Waals surface area (Å²) in [6, 6.07) is 35.3. The van der Waals surface area contributed by atoms with Gasteiger partial charge in [-0.3, -0.25) is 4.98 Å². The largest absolute Gasteiger partial charge is 0.252 e. The molecule has 1 heterocycles. The topological polar surface area (TPSA) is 25.8 Å². The van der Waals surface area contributed by atoms with Crippen molar-refractivity contribution in [2.45, 2.75) is 0 Å². The Morgan fingerprint density at radius 3 is 1.79 bits per heavy atom. The smallest absolute Gasteiger partial charge is 0.0972 e. The molecule has 0 saturated carbocycles. The van der Waals surface area contributed by atoms with Crippen LogP contribution in [0.25, 0.3) is 44.5 Å². The number of fused-ring (bicyclic) bond motifs is 1. The Bertz CT molecular complexity index is 1250. The SMILES string of the molecule is c1ccc(-c2ncc(-c3ccc4ccccc4c3)nc2-c2ccccc2)cc1. The van der Waals surface area contributed by atoms with Crippen LogP contribution in [0.1, 0.15) is 0 Å². The second-order valence-corrected chi connectivity index (χ2v) is 6.75. The van der Waals surface area contributed by atoms with Gasteiger partial charge in [0, 0.05) is 16.7 Å². The zero-order valence-corrected chi connectivity index (χ0v) is 15.3. The summed E-state index contributed by atoms with van der Waals surface area (Å²) < 4.78 is 0. The first-order chi connectivity index (χ1) is 13.9. The van der Waals surface area contributed by atoms with E-state index in [1.54, 1.807) is 0 Å². The third kappa shape index (κ3) is 3.06. The quantitative estimate of drug-likeness (QED) is 0.362. The molecule has 0 bridgehead atoms. The molecule has 0 spiro atoms. The van der Waals surface area contributed by atoms with Crippen LogP contribution in [-0.2, 0) is 0 Å². The normalized spacial score (nSPS) is 10.9. The van der Waals surface area contributed by atoms with Crippen molar-refractivity contribution in [1.29, 1.82) is 0 Å². The molecule has 0 atom stereocenters. The highest BCUT2D eigenvalue weighted by molar-refractivity contribution is 5.87. The molecule has 0 N–H and O–H groups in total. The molecule has 0 radical (unpaired) electrons. The molecule has 2 heteroatoms. The molecule has 0 amide bonds. The molecule has 1 aromatic heterocycles. The summed E-state index contributed by atoms with van der Waals surface area (Å²) in [6.45, 7) is 0. The standard InChI is InChI=1S/C26H18N2/c1-3-10-20(11-4-1)25-26(21-12-5-2-6-13-21)28-24(18-27-25)23-16-15-19-9-7-8-14-22(19)17-23/h1-18H. The van der Waals surface area contributed by atoms with Crippen molar-refractivity contribution in [3.05, 3.63) is 109 Å². The van der Waals surface area contributed by atoms with Gasteiger partial charge in [0.05, 0.1) is 23.3 Å². The van der Waals surface area contributed by atoms with Crippen molar-refractivity contribution in [2.75, 3.05) is 0 Å². The first-order valence-electron chi connectivity index (χ1n) is 9.35. The van der Waals surface area contributed by atoms with Gasteiger partial charge in [0.15, 0.2) is 0 Å². The Hall–Kier alpha value is -3.78. The zero-order chi connectivity index (χ0) is 18.8. The van der Waals surface area contributed by atoms with Crippen LogP contribution in [0.3, 0.4) is 0 Å². The first-order valence-corrected chi connectivity index (χ1v) is 9.35. The Morgan fingerprint density at radius 2 is 1.07 bits per heavy atom. The van der Waals surface area contributed by atoms with Crippen molar-refractivity contribution in [2.24, 2.45) is 0 Å². The molecule has 132 valence electrons. The highest BCUT2D eigenvalue weighted by Crippen LogP contribution is 2.31. The number of hydrogen-bond acceptors (Lipinski definition) is 2. The van der Waals surface area contributed by atoms with Gasteiger partial charge < -0.3 is 0 Å². The Kier molecular flexibility index (Phi) is 4.15. The van der Waals surface area contributed by atoms with Gasteiger partial charge in [-0.05, 0) is 16.8 Å². The van der Waals surface area contributed by atoms with Crippen molar-refractivity contribution in [3.63, 3.8) is 0 Å². The molecular formula is C26H18N2. The van der Waals surface area contributed by atoms with E-state index in [4.69, 9.17) is 9.97 Å². The summed E-state index contributed by atoms with van der Waals surface area (Å²) in [5.74, 6) is 0. The number of benzene rings is 4. The Morgan fingerprint density at radius 1 is 0.464 bits per heavy atom. The van der Waals surface area contributed by atoms with Gasteiger partial charge in [-0.15, -0.1) is 0 Å². The van der Waals surface area contributed by atoms with E-state index in [0.717, 1.165) is 33.8 Å². The molecule has 0 unspecified atom stereocenters. The van der Waals surface area contributed by atoms with Crippen LogP contribution in [0.4, 0.5) is 0 Å². The predicted molar refractivity (Wildman–Crippen MR) is 116 cm³/mol. The van der Waals surface area contributed by atoms with Crippen LogP contribution in [-0.4, -0.2) is 9.97 Å². The second-order valence-electron chi connectivity index (χ2n) is 6.75. The lowest BCUT2D eigenvalue weighted by molar-refractivity contribution is 1.21. The minimum absolute atomic E-state index is 0.879. The number of rotatable bonds is 3. The van der Waals surface area contributed by atoms with Crippen LogP contribution < -0.4 is 0 Å². The number of aromatic nitrogens is 2. The average Bonchev–Trinajstić information content (AvgIpc) is 2.79. The summed E-state index contributed by atoms with van der Waals surface area (Å²) in [5.41, 5.74) is 5.89. The van der Waals surface area contributed by atoms with E-state index < -0.39 is 0 Å². The minimum Gasteiger partial charge on any atom is -0.252 e. The fraction of sp³-hybridized carbons (Fsp3) is 0. The van der Waals surface area contributed by atoms with Gasteiger partial charge >= 0.3 is 0 Å². The summed E-state index contributed by atoms with van der Waals surface area (Å²) in [6.07, 6.45) is 1.87. The van der Waals surface area contributed by atoms with Crippen molar-refractivity contribution >= 4 is 10.8 Å². The number of hydrogen-bond donors (Lipinski definition) is 0. The maximum Gasteiger partial charge on any atom is 0.0972 e. The zero-order valence-electron chi connectivity index (χ0n) is 15.3. The van der Waals surface area contributed by atoms with Crippen LogP contribution >= 0.6 is 0 Å². The van der Waals surface area contributed by atoms with Crippen LogP contribution in [0, 0.1) is 0 Å². The predicted octanol–water partition coefficient (Wildman–Crippen LogP) is 6.63. The molecule has 5 aromatic rings. The van der Waals surface area contributed by atoms with Crippen LogP contribution in [0.2, 0.25) is 0 Å². The average molecular weight is 358 g/mol. The van der Waals surface area contributed by atoms with Gasteiger partial charge in [0.25, 0.3) is 0 Å². The first kappa shape index (κ1) is 16.4. The number of nitrogens with zero attached hydrogens (tertiary/aromatic N) is 2. The van der Waals surface area contributed by atoms with Crippen molar-refractivity contribution < 1.29 is 0 Å². The lowest BCUT2D eigenvalue weighted by Crippen LogP contribution is -1.96. The second kappa shape index (κ2) is 7.09. The van der Waals surface area contributed by atoms with Crippen molar-refractivity contribution in [3.8, 4) is 33.8 Å². The van der Waals surface area contributed by atoms with Crippen LogP contribution in [0.15, 0.2) is 109 Å². The fourth-order valence-electron chi connectivity index (χ4n) is 3.48. The van der Waals surface area contributed by atoms with E-state index >= 15 is 0 Å². The van der Waals surface area contributed by atoms with Gasteiger partial charge in [-0.25, -0.2) is 4.98 Å². The molecular weight excluding hydrogens is 340 g/mol. The van der Waals surface area contributed by atoms with Crippen molar-refractivity contribution in [1.82, 2.24) is 9.97 Å². The lowest BCUT2D eigenvalue weighted by Gasteiger charge is -2.11. The van der Waals surface area contributed by atoms with Gasteiger partial charge in [0.1, 0.15) is 0 Å². The third-order valence-electron chi connectivity index (χ3n) is 4.91. The lowest BCUT2D eigenvalue weighted by atomic mass is 10.0. The molecule has 4 aromatic carbocycles. The minimum atomic E-state index is 0.879. The molecule has 0 saturated heterocycles. The van der Waals surface area contributed by atoms with E-state index in [0.29, 0.717) is 0 Å².